The number of rotatable bonds is 5. The van der Waals surface area contributed by atoms with Gasteiger partial charge in [0.1, 0.15) is 5.52 Å². The predicted molar refractivity (Wildman–Crippen MR) is 89.4 cm³/mol. The molecule has 3 rings (SSSR count). The molecule has 0 aliphatic rings. The zero-order valence-electron chi connectivity index (χ0n) is 13.3. The molecule has 2 aromatic carbocycles. The normalized spacial score (nSPS) is 10.9. The van der Waals surface area contributed by atoms with E-state index in [-0.39, 0.29) is 5.97 Å². The van der Waals surface area contributed by atoms with E-state index in [4.69, 9.17) is 9.15 Å². The molecule has 118 valence electrons. The number of carbonyl (C=O) groups is 1. The Balaban J connectivity index is 1.89. The third kappa shape index (κ3) is 3.26. The maximum atomic E-state index is 11.5. The molecule has 0 atom stereocenters. The molecule has 0 spiro atoms. The number of hydrogen-bond acceptors (Lipinski definition) is 4. The second kappa shape index (κ2) is 6.65. The largest absolute Gasteiger partial charge is 0.465 e. The molecule has 0 amide bonds. The van der Waals surface area contributed by atoms with Crippen LogP contribution in [-0.4, -0.2) is 18.1 Å². The lowest BCUT2D eigenvalue weighted by atomic mass is 10.1. The number of methoxy groups -OCH3 is 1. The Bertz CT molecular complexity index is 818. The summed E-state index contributed by atoms with van der Waals surface area (Å²) in [6, 6.07) is 13.2. The van der Waals surface area contributed by atoms with E-state index in [0.717, 1.165) is 23.1 Å². The van der Waals surface area contributed by atoms with Crippen molar-refractivity contribution < 1.29 is 13.9 Å². The van der Waals surface area contributed by atoms with E-state index < -0.39 is 0 Å². The third-order valence-corrected chi connectivity index (χ3v) is 3.82. The van der Waals surface area contributed by atoms with Crippen LogP contribution in [0.2, 0.25) is 0 Å². The monoisotopic (exact) mass is 309 g/mol. The van der Waals surface area contributed by atoms with Crippen molar-refractivity contribution in [1.29, 1.82) is 0 Å². The minimum absolute atomic E-state index is 0.352. The first-order valence-electron chi connectivity index (χ1n) is 7.79. The van der Waals surface area contributed by atoms with Crippen molar-refractivity contribution >= 4 is 17.1 Å². The van der Waals surface area contributed by atoms with Gasteiger partial charge in [-0.1, -0.05) is 19.4 Å². The van der Waals surface area contributed by atoms with E-state index in [1.54, 1.807) is 12.1 Å². The molecule has 0 saturated heterocycles. The topological polar surface area (TPSA) is 52.3 Å². The summed E-state index contributed by atoms with van der Waals surface area (Å²) >= 11 is 0. The van der Waals surface area contributed by atoms with Crippen LogP contribution in [0.3, 0.4) is 0 Å². The van der Waals surface area contributed by atoms with Gasteiger partial charge in [-0.15, -0.1) is 0 Å². The number of carbonyl (C=O) groups excluding carboxylic acids is 1. The Morgan fingerprint density at radius 3 is 2.65 bits per heavy atom. The molecule has 0 bridgehead atoms. The third-order valence-electron chi connectivity index (χ3n) is 3.82. The molecule has 0 aliphatic carbocycles. The summed E-state index contributed by atoms with van der Waals surface area (Å²) in [7, 11) is 1.37. The molecule has 0 radical (unpaired) electrons. The summed E-state index contributed by atoms with van der Waals surface area (Å²) < 4.78 is 10.5. The van der Waals surface area contributed by atoms with E-state index in [1.165, 1.54) is 25.5 Å². The highest BCUT2D eigenvalue weighted by molar-refractivity contribution is 5.89. The first-order chi connectivity index (χ1) is 11.2. The van der Waals surface area contributed by atoms with Crippen molar-refractivity contribution in [2.45, 2.75) is 26.2 Å². The van der Waals surface area contributed by atoms with Gasteiger partial charge in [0.2, 0.25) is 5.89 Å². The molecule has 0 saturated carbocycles. The van der Waals surface area contributed by atoms with Crippen LogP contribution in [0.25, 0.3) is 22.6 Å². The van der Waals surface area contributed by atoms with Gasteiger partial charge in [0.05, 0.1) is 12.7 Å². The molecule has 3 aromatic rings. The highest BCUT2D eigenvalue weighted by Crippen LogP contribution is 2.25. The number of fused-ring (bicyclic) bond motifs is 1. The molecule has 0 fully saturated rings. The number of oxazole rings is 1. The van der Waals surface area contributed by atoms with Crippen LogP contribution in [-0.2, 0) is 11.2 Å². The van der Waals surface area contributed by atoms with Crippen molar-refractivity contribution in [3.63, 3.8) is 0 Å². The average molecular weight is 309 g/mol. The maximum Gasteiger partial charge on any atom is 0.337 e. The van der Waals surface area contributed by atoms with Gasteiger partial charge in [0.15, 0.2) is 5.58 Å². The van der Waals surface area contributed by atoms with Crippen molar-refractivity contribution in [1.82, 2.24) is 4.98 Å². The Kier molecular flexibility index (Phi) is 4.42. The summed E-state index contributed by atoms with van der Waals surface area (Å²) in [6.45, 7) is 2.19. The number of ether oxygens (including phenoxy) is 1. The minimum atomic E-state index is -0.352. The van der Waals surface area contributed by atoms with Gasteiger partial charge in [-0.3, -0.25) is 0 Å². The predicted octanol–water partition coefficient (Wildman–Crippen LogP) is 4.62. The van der Waals surface area contributed by atoms with Crippen LogP contribution in [0.1, 0.15) is 35.7 Å². The quantitative estimate of drug-likeness (QED) is 0.645. The molecule has 4 heteroatoms. The lowest BCUT2D eigenvalue weighted by Gasteiger charge is -1.99. The Labute approximate surface area is 135 Å². The molecular weight excluding hydrogens is 290 g/mol. The van der Waals surface area contributed by atoms with Crippen LogP contribution in [0.5, 0.6) is 0 Å². The summed E-state index contributed by atoms with van der Waals surface area (Å²) in [5.74, 6) is 0.207. The Morgan fingerprint density at radius 1 is 1.17 bits per heavy atom. The second-order valence-corrected chi connectivity index (χ2v) is 5.49. The number of hydrogen-bond donors (Lipinski definition) is 0. The van der Waals surface area contributed by atoms with Crippen LogP contribution >= 0.6 is 0 Å². The van der Waals surface area contributed by atoms with E-state index in [9.17, 15) is 4.79 Å². The van der Waals surface area contributed by atoms with Crippen molar-refractivity contribution in [2.24, 2.45) is 0 Å². The zero-order valence-corrected chi connectivity index (χ0v) is 13.3. The number of aryl methyl sites for hydroxylation is 1. The van der Waals surface area contributed by atoms with Crippen LogP contribution in [0.15, 0.2) is 46.9 Å². The summed E-state index contributed by atoms with van der Waals surface area (Å²) in [5, 5.41) is 0. The fraction of sp³-hybridized carbons (Fsp3) is 0.263. The molecule has 4 nitrogen and oxygen atoms in total. The van der Waals surface area contributed by atoms with Crippen molar-refractivity contribution in [3.8, 4) is 11.5 Å². The van der Waals surface area contributed by atoms with E-state index >= 15 is 0 Å². The van der Waals surface area contributed by atoms with Gasteiger partial charge in [0, 0.05) is 5.56 Å². The lowest BCUT2D eigenvalue weighted by Crippen LogP contribution is -2.00. The number of unbranched alkanes of at least 4 members (excludes halogenated alkanes) is 1. The summed E-state index contributed by atoms with van der Waals surface area (Å²) in [6.07, 6.45) is 3.41. The number of esters is 1. The van der Waals surface area contributed by atoms with Gasteiger partial charge in [-0.05, 0) is 54.8 Å². The fourth-order valence-electron chi connectivity index (χ4n) is 2.50. The van der Waals surface area contributed by atoms with E-state index in [1.807, 2.05) is 18.2 Å². The second-order valence-electron chi connectivity index (χ2n) is 5.49. The molecule has 0 aliphatic heterocycles. The van der Waals surface area contributed by atoms with Crippen LogP contribution < -0.4 is 0 Å². The van der Waals surface area contributed by atoms with Gasteiger partial charge < -0.3 is 9.15 Å². The molecule has 0 N–H and O–H groups in total. The Morgan fingerprint density at radius 2 is 1.96 bits per heavy atom. The zero-order chi connectivity index (χ0) is 16.2. The van der Waals surface area contributed by atoms with Gasteiger partial charge in [-0.2, -0.15) is 0 Å². The first-order valence-corrected chi connectivity index (χ1v) is 7.79. The molecule has 0 unspecified atom stereocenters. The standard InChI is InChI=1S/C19H19NO3/c1-3-4-5-13-6-11-17-16(12-13)20-18(23-17)14-7-9-15(10-8-14)19(21)22-2/h6-12H,3-5H2,1-2H3. The van der Waals surface area contributed by atoms with Crippen molar-refractivity contribution in [2.75, 3.05) is 7.11 Å². The fourth-order valence-corrected chi connectivity index (χ4v) is 2.50. The van der Waals surface area contributed by atoms with E-state index in [2.05, 4.69) is 24.0 Å². The van der Waals surface area contributed by atoms with E-state index in [0.29, 0.717) is 11.5 Å². The number of nitrogens with zero attached hydrogens (tertiary/aromatic N) is 1. The molecule has 1 heterocycles. The smallest absolute Gasteiger partial charge is 0.337 e. The highest BCUT2D eigenvalue weighted by atomic mass is 16.5. The number of benzene rings is 2. The molecule has 1 aromatic heterocycles. The summed E-state index contributed by atoms with van der Waals surface area (Å²) in [4.78, 5) is 16.0. The lowest BCUT2D eigenvalue weighted by molar-refractivity contribution is 0.0600. The van der Waals surface area contributed by atoms with Crippen LogP contribution in [0.4, 0.5) is 0 Å². The number of aromatic nitrogens is 1. The van der Waals surface area contributed by atoms with Gasteiger partial charge in [0.25, 0.3) is 0 Å². The highest BCUT2D eigenvalue weighted by Gasteiger charge is 2.10. The summed E-state index contributed by atoms with van der Waals surface area (Å²) in [5.41, 5.74) is 4.27. The maximum absolute atomic E-state index is 11.5. The molecule has 23 heavy (non-hydrogen) atoms. The Hall–Kier alpha value is -2.62. The SMILES string of the molecule is CCCCc1ccc2oc(-c3ccc(C(=O)OC)cc3)nc2c1. The van der Waals surface area contributed by atoms with Crippen molar-refractivity contribution in [3.05, 3.63) is 53.6 Å². The molecular formula is C19H19NO3. The van der Waals surface area contributed by atoms with Gasteiger partial charge >= 0.3 is 5.97 Å². The van der Waals surface area contributed by atoms with Crippen LogP contribution in [0, 0.1) is 0 Å². The first kappa shape index (κ1) is 15.3. The van der Waals surface area contributed by atoms with Gasteiger partial charge in [-0.25, -0.2) is 9.78 Å². The average Bonchev–Trinajstić information content (AvgIpc) is 3.02. The minimum Gasteiger partial charge on any atom is -0.465 e.